The molecule has 0 atom stereocenters. The minimum atomic E-state index is -3.31. The quantitative estimate of drug-likeness (QED) is 0.893. The molecule has 0 saturated heterocycles. The average Bonchev–Trinajstić information content (AvgIpc) is 2.39. The van der Waals surface area contributed by atoms with Gasteiger partial charge in [-0.1, -0.05) is 6.07 Å². The van der Waals surface area contributed by atoms with Crippen LogP contribution in [0.4, 0.5) is 16.3 Å². The highest BCUT2D eigenvalue weighted by Crippen LogP contribution is 2.15. The van der Waals surface area contributed by atoms with Crippen molar-refractivity contribution >= 4 is 27.4 Å². The van der Waals surface area contributed by atoms with E-state index in [1.54, 1.807) is 12.1 Å². The van der Waals surface area contributed by atoms with Crippen LogP contribution in [0.25, 0.3) is 0 Å². The van der Waals surface area contributed by atoms with E-state index in [9.17, 15) is 13.2 Å². The van der Waals surface area contributed by atoms with Crippen LogP contribution in [-0.2, 0) is 9.84 Å². The molecule has 1 heterocycles. The number of benzene rings is 1. The average molecular weight is 292 g/mol. The van der Waals surface area contributed by atoms with Crippen molar-refractivity contribution in [2.24, 2.45) is 0 Å². The third kappa shape index (κ3) is 3.75. The zero-order valence-corrected chi connectivity index (χ0v) is 11.4. The van der Waals surface area contributed by atoms with Crippen LogP contribution in [0.3, 0.4) is 0 Å². The summed E-state index contributed by atoms with van der Waals surface area (Å²) in [4.78, 5) is 19.5. The van der Waals surface area contributed by atoms with Crippen molar-refractivity contribution < 1.29 is 13.2 Å². The van der Waals surface area contributed by atoms with E-state index in [1.807, 2.05) is 0 Å². The van der Waals surface area contributed by atoms with Gasteiger partial charge in [-0.15, -0.1) is 0 Å². The van der Waals surface area contributed by atoms with Gasteiger partial charge in [-0.25, -0.2) is 18.2 Å². The number of carbonyl (C=O) groups is 1. The van der Waals surface area contributed by atoms with Gasteiger partial charge in [-0.05, 0) is 18.2 Å². The van der Waals surface area contributed by atoms with Gasteiger partial charge >= 0.3 is 6.03 Å². The van der Waals surface area contributed by atoms with Crippen molar-refractivity contribution in [1.82, 2.24) is 9.97 Å². The Morgan fingerprint density at radius 2 is 2.00 bits per heavy atom. The summed E-state index contributed by atoms with van der Waals surface area (Å²) in [7, 11) is -3.31. The van der Waals surface area contributed by atoms with Gasteiger partial charge in [-0.2, -0.15) is 0 Å². The van der Waals surface area contributed by atoms with Crippen molar-refractivity contribution in [2.75, 3.05) is 16.9 Å². The molecule has 2 amide bonds. The van der Waals surface area contributed by atoms with E-state index >= 15 is 0 Å². The molecule has 0 bridgehead atoms. The Labute approximate surface area is 116 Å². The molecule has 1 aromatic carbocycles. The third-order valence-electron chi connectivity index (χ3n) is 2.32. The standard InChI is InChI=1S/C12H12N4O3S/c1-20(18,19)10-4-2-3-9(7-10)15-12(17)16-11-8-13-5-6-14-11/h2-8H,1H3,(H2,14,15,16,17). The number of urea groups is 1. The number of anilines is 2. The predicted octanol–water partition coefficient (Wildman–Crippen LogP) is 1.52. The summed E-state index contributed by atoms with van der Waals surface area (Å²) in [5.74, 6) is 0.296. The SMILES string of the molecule is CS(=O)(=O)c1cccc(NC(=O)Nc2cnccn2)c1. The summed E-state index contributed by atoms with van der Waals surface area (Å²) in [5, 5.41) is 5.00. The molecule has 2 rings (SSSR count). The lowest BCUT2D eigenvalue weighted by Gasteiger charge is -2.07. The Morgan fingerprint density at radius 3 is 2.65 bits per heavy atom. The molecule has 0 saturated carbocycles. The molecule has 0 spiro atoms. The molecule has 20 heavy (non-hydrogen) atoms. The van der Waals surface area contributed by atoms with E-state index in [1.165, 1.54) is 30.7 Å². The van der Waals surface area contributed by atoms with E-state index in [2.05, 4.69) is 20.6 Å². The zero-order valence-electron chi connectivity index (χ0n) is 10.6. The van der Waals surface area contributed by atoms with Crippen molar-refractivity contribution in [3.63, 3.8) is 0 Å². The second-order valence-corrected chi connectivity index (χ2v) is 5.99. The summed E-state index contributed by atoms with van der Waals surface area (Å²) < 4.78 is 22.8. The number of carbonyl (C=O) groups excluding carboxylic acids is 1. The van der Waals surface area contributed by atoms with Crippen LogP contribution in [0.5, 0.6) is 0 Å². The Kier molecular flexibility index (Phi) is 3.94. The fraction of sp³-hybridized carbons (Fsp3) is 0.0833. The Hall–Kier alpha value is -2.48. The number of hydrogen-bond donors (Lipinski definition) is 2. The topological polar surface area (TPSA) is 101 Å². The first-order valence-corrected chi connectivity index (χ1v) is 7.48. The van der Waals surface area contributed by atoms with Crippen molar-refractivity contribution in [2.45, 2.75) is 4.90 Å². The fourth-order valence-electron chi connectivity index (χ4n) is 1.45. The largest absolute Gasteiger partial charge is 0.324 e. The summed E-state index contributed by atoms with van der Waals surface area (Å²) in [5.41, 5.74) is 0.370. The molecule has 2 aromatic rings. The van der Waals surface area contributed by atoms with Gasteiger partial charge in [0.05, 0.1) is 11.1 Å². The first kappa shape index (κ1) is 13.9. The van der Waals surface area contributed by atoms with Gasteiger partial charge in [-0.3, -0.25) is 10.3 Å². The zero-order chi connectivity index (χ0) is 14.6. The van der Waals surface area contributed by atoms with Crippen LogP contribution in [0.15, 0.2) is 47.8 Å². The monoisotopic (exact) mass is 292 g/mol. The van der Waals surface area contributed by atoms with Crippen LogP contribution in [0.2, 0.25) is 0 Å². The maximum absolute atomic E-state index is 11.7. The molecule has 0 aliphatic carbocycles. The lowest BCUT2D eigenvalue weighted by molar-refractivity contribution is 0.262. The molecule has 1 aromatic heterocycles. The minimum Gasteiger partial charge on any atom is -0.308 e. The smallest absolute Gasteiger partial charge is 0.308 e. The third-order valence-corrected chi connectivity index (χ3v) is 3.44. The van der Waals surface area contributed by atoms with Gasteiger partial charge in [0.25, 0.3) is 0 Å². The molecule has 0 aliphatic heterocycles. The van der Waals surface area contributed by atoms with Gasteiger partial charge in [0.15, 0.2) is 15.7 Å². The second kappa shape index (κ2) is 5.66. The summed E-state index contributed by atoms with van der Waals surface area (Å²) in [6.07, 6.45) is 5.43. The summed E-state index contributed by atoms with van der Waals surface area (Å²) in [6, 6.07) is 5.45. The summed E-state index contributed by atoms with van der Waals surface area (Å²) >= 11 is 0. The number of nitrogens with zero attached hydrogens (tertiary/aromatic N) is 2. The molecular formula is C12H12N4O3S. The molecule has 0 unspecified atom stereocenters. The van der Waals surface area contributed by atoms with Crippen molar-refractivity contribution in [1.29, 1.82) is 0 Å². The fourth-order valence-corrected chi connectivity index (χ4v) is 2.11. The van der Waals surface area contributed by atoms with E-state index in [-0.39, 0.29) is 4.90 Å². The highest BCUT2D eigenvalue weighted by Gasteiger charge is 2.09. The van der Waals surface area contributed by atoms with E-state index < -0.39 is 15.9 Å². The lowest BCUT2D eigenvalue weighted by Crippen LogP contribution is -2.20. The van der Waals surface area contributed by atoms with Crippen LogP contribution < -0.4 is 10.6 Å². The van der Waals surface area contributed by atoms with Crippen molar-refractivity contribution in [3.8, 4) is 0 Å². The molecule has 0 fully saturated rings. The van der Waals surface area contributed by atoms with E-state index in [0.717, 1.165) is 6.26 Å². The van der Waals surface area contributed by atoms with Gasteiger partial charge in [0, 0.05) is 24.3 Å². The number of sulfone groups is 1. The first-order valence-electron chi connectivity index (χ1n) is 5.59. The van der Waals surface area contributed by atoms with Gasteiger partial charge < -0.3 is 5.32 Å². The highest BCUT2D eigenvalue weighted by molar-refractivity contribution is 7.90. The number of rotatable bonds is 3. The minimum absolute atomic E-state index is 0.134. The van der Waals surface area contributed by atoms with Crippen LogP contribution in [0.1, 0.15) is 0 Å². The maximum Gasteiger partial charge on any atom is 0.324 e. The Bertz CT molecular complexity index is 716. The molecule has 104 valence electrons. The Morgan fingerprint density at radius 1 is 1.20 bits per heavy atom. The first-order chi connectivity index (χ1) is 9.45. The number of amides is 2. The molecule has 0 radical (unpaired) electrons. The van der Waals surface area contributed by atoms with Crippen LogP contribution in [-0.4, -0.2) is 30.7 Å². The summed E-state index contributed by atoms with van der Waals surface area (Å²) in [6.45, 7) is 0. The molecule has 7 nitrogen and oxygen atoms in total. The number of aromatic nitrogens is 2. The highest BCUT2D eigenvalue weighted by atomic mass is 32.2. The Balaban J connectivity index is 2.09. The van der Waals surface area contributed by atoms with E-state index in [4.69, 9.17) is 0 Å². The van der Waals surface area contributed by atoms with Crippen molar-refractivity contribution in [3.05, 3.63) is 42.9 Å². The molecular weight excluding hydrogens is 280 g/mol. The van der Waals surface area contributed by atoms with Gasteiger partial charge in [0.1, 0.15) is 0 Å². The van der Waals surface area contributed by atoms with Crippen LogP contribution in [0, 0.1) is 0 Å². The molecule has 2 N–H and O–H groups in total. The number of nitrogens with one attached hydrogen (secondary N) is 2. The predicted molar refractivity (Wildman–Crippen MR) is 74.2 cm³/mol. The second-order valence-electron chi connectivity index (χ2n) is 3.97. The van der Waals surface area contributed by atoms with Crippen LogP contribution >= 0.6 is 0 Å². The van der Waals surface area contributed by atoms with Gasteiger partial charge in [0.2, 0.25) is 0 Å². The maximum atomic E-state index is 11.7. The van der Waals surface area contributed by atoms with E-state index in [0.29, 0.717) is 11.5 Å². The molecule has 8 heteroatoms. The molecule has 0 aliphatic rings. The number of hydrogen-bond acceptors (Lipinski definition) is 5. The lowest BCUT2D eigenvalue weighted by atomic mass is 10.3. The normalized spacial score (nSPS) is 10.8.